The maximum atomic E-state index is 13.8. The van der Waals surface area contributed by atoms with Gasteiger partial charge in [-0.05, 0) is 24.7 Å². The largest absolute Gasteiger partial charge is 0.309 e. The van der Waals surface area contributed by atoms with Crippen LogP contribution >= 0.6 is 11.6 Å². The maximum absolute atomic E-state index is 13.8. The van der Waals surface area contributed by atoms with Gasteiger partial charge in [0.1, 0.15) is 17.5 Å². The van der Waals surface area contributed by atoms with Crippen LogP contribution in [-0.2, 0) is 0 Å². The molecule has 19 heavy (non-hydrogen) atoms. The number of rotatable bonds is 3. The van der Waals surface area contributed by atoms with E-state index in [9.17, 15) is 13.2 Å². The van der Waals surface area contributed by atoms with Crippen molar-refractivity contribution in [3.63, 3.8) is 0 Å². The highest BCUT2D eigenvalue weighted by atomic mass is 35.5. The van der Waals surface area contributed by atoms with Gasteiger partial charge in [0.2, 0.25) is 0 Å². The normalized spacial score (nSPS) is 12.5. The zero-order valence-corrected chi connectivity index (χ0v) is 10.8. The van der Waals surface area contributed by atoms with E-state index < -0.39 is 23.5 Å². The van der Waals surface area contributed by atoms with E-state index in [2.05, 4.69) is 5.32 Å². The molecule has 0 aromatic heterocycles. The number of hydrogen-bond donors (Lipinski definition) is 1. The Morgan fingerprint density at radius 2 is 1.74 bits per heavy atom. The summed E-state index contributed by atoms with van der Waals surface area (Å²) >= 11 is 5.89. The Hall–Kier alpha value is -1.52. The van der Waals surface area contributed by atoms with Crippen molar-refractivity contribution in [1.82, 2.24) is 5.32 Å². The second-order valence-electron chi connectivity index (χ2n) is 4.03. The summed E-state index contributed by atoms with van der Waals surface area (Å²) in [5.41, 5.74) is 0.603. The minimum Gasteiger partial charge on any atom is -0.309 e. The predicted molar refractivity (Wildman–Crippen MR) is 68.7 cm³/mol. The zero-order chi connectivity index (χ0) is 14.0. The Labute approximate surface area is 114 Å². The third kappa shape index (κ3) is 2.74. The number of halogens is 4. The van der Waals surface area contributed by atoms with E-state index in [4.69, 9.17) is 11.6 Å². The van der Waals surface area contributed by atoms with Crippen molar-refractivity contribution in [2.75, 3.05) is 7.05 Å². The van der Waals surface area contributed by atoms with Crippen LogP contribution in [-0.4, -0.2) is 7.05 Å². The first-order valence-corrected chi connectivity index (χ1v) is 5.98. The lowest BCUT2D eigenvalue weighted by molar-refractivity contribution is 0.549. The molecule has 100 valence electrons. The van der Waals surface area contributed by atoms with Crippen LogP contribution in [0, 0.1) is 17.5 Å². The van der Waals surface area contributed by atoms with Gasteiger partial charge < -0.3 is 5.32 Å². The molecule has 1 atom stereocenters. The molecule has 0 bridgehead atoms. The number of nitrogens with one attached hydrogen (secondary N) is 1. The standard InChI is InChI=1S/C14H11ClF3N/c1-19-14(9-6-5-8(16)7-12(9)18)10-3-2-4-11(17)13(10)15/h2-7,14,19H,1H3. The molecule has 2 aromatic carbocycles. The molecule has 0 saturated carbocycles. The van der Waals surface area contributed by atoms with Crippen LogP contribution in [0.1, 0.15) is 17.2 Å². The average molecular weight is 286 g/mol. The monoisotopic (exact) mass is 285 g/mol. The van der Waals surface area contributed by atoms with Gasteiger partial charge in [0.15, 0.2) is 0 Å². The molecule has 0 fully saturated rings. The molecule has 2 aromatic rings. The molecule has 1 nitrogen and oxygen atoms in total. The molecule has 5 heteroatoms. The molecule has 1 N–H and O–H groups in total. The highest BCUT2D eigenvalue weighted by molar-refractivity contribution is 6.31. The second kappa shape index (κ2) is 5.63. The Kier molecular flexibility index (Phi) is 4.12. The second-order valence-corrected chi connectivity index (χ2v) is 4.41. The van der Waals surface area contributed by atoms with Crippen molar-refractivity contribution in [3.8, 4) is 0 Å². The summed E-state index contributed by atoms with van der Waals surface area (Å²) in [4.78, 5) is 0. The van der Waals surface area contributed by atoms with Crippen molar-refractivity contribution in [2.45, 2.75) is 6.04 Å². The van der Waals surface area contributed by atoms with Gasteiger partial charge in [-0.2, -0.15) is 0 Å². The Morgan fingerprint density at radius 3 is 2.37 bits per heavy atom. The number of hydrogen-bond acceptors (Lipinski definition) is 1. The molecular weight excluding hydrogens is 275 g/mol. The zero-order valence-electron chi connectivity index (χ0n) is 10.1. The highest BCUT2D eigenvalue weighted by Crippen LogP contribution is 2.31. The minimum atomic E-state index is -0.709. The molecule has 0 aliphatic carbocycles. The summed E-state index contributed by atoms with van der Waals surface area (Å²) in [5.74, 6) is -1.96. The predicted octanol–water partition coefficient (Wildman–Crippen LogP) is 4.07. The van der Waals surface area contributed by atoms with Crippen molar-refractivity contribution in [1.29, 1.82) is 0 Å². The molecule has 0 spiro atoms. The van der Waals surface area contributed by atoms with Crippen LogP contribution in [0.25, 0.3) is 0 Å². The fraction of sp³-hybridized carbons (Fsp3) is 0.143. The third-order valence-corrected chi connectivity index (χ3v) is 3.25. The first-order valence-electron chi connectivity index (χ1n) is 5.60. The maximum Gasteiger partial charge on any atom is 0.142 e. The molecule has 0 radical (unpaired) electrons. The topological polar surface area (TPSA) is 12.0 Å². The summed E-state index contributed by atoms with van der Waals surface area (Å²) in [6.07, 6.45) is 0. The van der Waals surface area contributed by atoms with E-state index in [0.717, 1.165) is 12.1 Å². The van der Waals surface area contributed by atoms with E-state index in [1.54, 1.807) is 13.1 Å². The van der Waals surface area contributed by atoms with Gasteiger partial charge in [-0.25, -0.2) is 13.2 Å². The third-order valence-electron chi connectivity index (χ3n) is 2.85. The minimum absolute atomic E-state index is 0.0782. The van der Waals surface area contributed by atoms with Crippen molar-refractivity contribution in [3.05, 3.63) is 70.0 Å². The smallest absolute Gasteiger partial charge is 0.142 e. The van der Waals surface area contributed by atoms with Crippen LogP contribution in [0.2, 0.25) is 5.02 Å². The van der Waals surface area contributed by atoms with E-state index in [0.29, 0.717) is 5.56 Å². The first-order chi connectivity index (χ1) is 9.04. The molecule has 0 saturated heterocycles. The quantitative estimate of drug-likeness (QED) is 0.896. The van der Waals surface area contributed by atoms with Crippen LogP contribution in [0.4, 0.5) is 13.2 Å². The summed E-state index contributed by atoms with van der Waals surface area (Å²) in [5, 5.41) is 2.77. The van der Waals surface area contributed by atoms with E-state index in [1.165, 1.54) is 18.2 Å². The van der Waals surface area contributed by atoms with E-state index >= 15 is 0 Å². The number of benzene rings is 2. The van der Waals surface area contributed by atoms with Gasteiger partial charge in [0, 0.05) is 11.6 Å². The fourth-order valence-electron chi connectivity index (χ4n) is 1.96. The van der Waals surface area contributed by atoms with Gasteiger partial charge in [0.25, 0.3) is 0 Å². The van der Waals surface area contributed by atoms with Gasteiger partial charge in [-0.15, -0.1) is 0 Å². The fourth-order valence-corrected chi connectivity index (χ4v) is 2.19. The lowest BCUT2D eigenvalue weighted by Gasteiger charge is -2.19. The molecule has 0 aliphatic heterocycles. The molecule has 0 aliphatic rings. The van der Waals surface area contributed by atoms with Gasteiger partial charge in [-0.3, -0.25) is 0 Å². The molecule has 2 rings (SSSR count). The molecule has 0 heterocycles. The van der Waals surface area contributed by atoms with Crippen LogP contribution in [0.15, 0.2) is 36.4 Å². The van der Waals surface area contributed by atoms with Crippen LogP contribution in [0.3, 0.4) is 0 Å². The summed E-state index contributed by atoms with van der Waals surface area (Å²) in [6.45, 7) is 0. The van der Waals surface area contributed by atoms with Crippen molar-refractivity contribution in [2.24, 2.45) is 0 Å². The highest BCUT2D eigenvalue weighted by Gasteiger charge is 2.20. The van der Waals surface area contributed by atoms with Crippen molar-refractivity contribution < 1.29 is 13.2 Å². The van der Waals surface area contributed by atoms with Crippen molar-refractivity contribution >= 4 is 11.6 Å². The lowest BCUT2D eigenvalue weighted by Crippen LogP contribution is -2.19. The molecule has 0 amide bonds. The SMILES string of the molecule is CNC(c1ccc(F)cc1F)c1cccc(F)c1Cl. The molecule has 1 unspecified atom stereocenters. The summed E-state index contributed by atoms with van der Waals surface area (Å²) < 4.78 is 40.1. The van der Waals surface area contributed by atoms with Gasteiger partial charge in [0.05, 0.1) is 11.1 Å². The molecular formula is C14H11ClF3N. The Morgan fingerprint density at radius 1 is 1.00 bits per heavy atom. The van der Waals surface area contributed by atoms with E-state index in [-0.39, 0.29) is 10.6 Å². The lowest BCUT2D eigenvalue weighted by atomic mass is 9.98. The Bertz CT molecular complexity index is 601. The summed E-state index contributed by atoms with van der Waals surface area (Å²) in [6, 6.07) is 6.90. The van der Waals surface area contributed by atoms with Crippen LogP contribution < -0.4 is 5.32 Å². The van der Waals surface area contributed by atoms with Crippen LogP contribution in [0.5, 0.6) is 0 Å². The van der Waals surface area contributed by atoms with Gasteiger partial charge in [-0.1, -0.05) is 29.8 Å². The summed E-state index contributed by atoms with van der Waals surface area (Å²) in [7, 11) is 1.59. The van der Waals surface area contributed by atoms with Gasteiger partial charge >= 0.3 is 0 Å². The first kappa shape index (κ1) is 13.9. The van der Waals surface area contributed by atoms with E-state index in [1.807, 2.05) is 0 Å². The average Bonchev–Trinajstić information content (AvgIpc) is 2.37. The Balaban J connectivity index is 2.53.